The highest BCUT2D eigenvalue weighted by molar-refractivity contribution is 5.39. The first-order valence-corrected chi connectivity index (χ1v) is 7.59. The van der Waals surface area contributed by atoms with Gasteiger partial charge in [0, 0.05) is 6.04 Å². The summed E-state index contributed by atoms with van der Waals surface area (Å²) in [6, 6.07) is 6.96. The molecule has 1 rings (SSSR count). The Morgan fingerprint density at radius 3 is 2.53 bits per heavy atom. The minimum absolute atomic E-state index is 0.354. The van der Waals surface area contributed by atoms with Crippen LogP contribution in [0.15, 0.2) is 18.2 Å². The van der Waals surface area contributed by atoms with Crippen LogP contribution in [-0.2, 0) is 6.42 Å². The van der Waals surface area contributed by atoms with Gasteiger partial charge in [0.25, 0.3) is 0 Å². The Labute approximate surface area is 118 Å². The first-order valence-electron chi connectivity index (χ1n) is 7.59. The van der Waals surface area contributed by atoms with Gasteiger partial charge in [0.1, 0.15) is 5.75 Å². The van der Waals surface area contributed by atoms with E-state index in [-0.39, 0.29) is 0 Å². The van der Waals surface area contributed by atoms with E-state index in [4.69, 9.17) is 10.5 Å². The fourth-order valence-corrected chi connectivity index (χ4v) is 2.26. The van der Waals surface area contributed by atoms with Crippen molar-refractivity contribution in [3.8, 4) is 5.75 Å². The summed E-state index contributed by atoms with van der Waals surface area (Å²) in [4.78, 5) is 0. The number of aryl methyl sites for hydroxylation is 1. The van der Waals surface area contributed by atoms with E-state index in [0.717, 1.165) is 31.6 Å². The van der Waals surface area contributed by atoms with Gasteiger partial charge < -0.3 is 10.5 Å². The van der Waals surface area contributed by atoms with Crippen LogP contribution < -0.4 is 10.5 Å². The lowest BCUT2D eigenvalue weighted by Gasteiger charge is -2.15. The standard InChI is InChI=1S/C17H29NO/c1-5-15(18)9-7-8-14-10-11-17(19-6-2)16(12-14)13(3)4/h10-13,15H,5-9,18H2,1-4H3. The van der Waals surface area contributed by atoms with Gasteiger partial charge in [-0.3, -0.25) is 0 Å². The molecule has 0 fully saturated rings. The molecule has 0 bridgehead atoms. The maximum absolute atomic E-state index is 5.96. The summed E-state index contributed by atoms with van der Waals surface area (Å²) in [6.45, 7) is 9.34. The van der Waals surface area contributed by atoms with E-state index in [2.05, 4.69) is 39.0 Å². The molecule has 0 aliphatic heterocycles. The van der Waals surface area contributed by atoms with E-state index in [1.807, 2.05) is 6.92 Å². The third-order valence-corrected chi connectivity index (χ3v) is 3.56. The molecular formula is C17H29NO. The van der Waals surface area contributed by atoms with Gasteiger partial charge >= 0.3 is 0 Å². The summed E-state index contributed by atoms with van der Waals surface area (Å²) in [5, 5.41) is 0. The number of benzene rings is 1. The Morgan fingerprint density at radius 1 is 1.21 bits per heavy atom. The van der Waals surface area contributed by atoms with Crippen molar-refractivity contribution in [2.45, 2.75) is 65.3 Å². The van der Waals surface area contributed by atoms with Gasteiger partial charge in [0.2, 0.25) is 0 Å². The summed E-state index contributed by atoms with van der Waals surface area (Å²) in [5.41, 5.74) is 8.68. The molecule has 1 aromatic carbocycles. The predicted octanol–water partition coefficient (Wildman–Crippen LogP) is 4.27. The van der Waals surface area contributed by atoms with Crippen molar-refractivity contribution in [1.82, 2.24) is 0 Å². The summed E-state index contributed by atoms with van der Waals surface area (Å²) in [5.74, 6) is 1.53. The zero-order valence-corrected chi connectivity index (χ0v) is 12.9. The largest absolute Gasteiger partial charge is 0.494 e. The van der Waals surface area contributed by atoms with Crippen molar-refractivity contribution < 1.29 is 4.74 Å². The second-order valence-electron chi connectivity index (χ2n) is 5.52. The van der Waals surface area contributed by atoms with Crippen molar-refractivity contribution in [3.63, 3.8) is 0 Å². The molecule has 2 nitrogen and oxygen atoms in total. The van der Waals surface area contributed by atoms with Gasteiger partial charge in [0.15, 0.2) is 0 Å². The van der Waals surface area contributed by atoms with Crippen LogP contribution in [0.4, 0.5) is 0 Å². The molecular weight excluding hydrogens is 234 g/mol. The molecule has 1 unspecified atom stereocenters. The molecule has 0 saturated heterocycles. The molecule has 1 atom stereocenters. The summed E-state index contributed by atoms with van der Waals surface area (Å²) in [7, 11) is 0. The number of rotatable bonds is 8. The van der Waals surface area contributed by atoms with E-state index in [1.165, 1.54) is 17.5 Å². The van der Waals surface area contributed by atoms with E-state index in [0.29, 0.717) is 12.0 Å². The van der Waals surface area contributed by atoms with Crippen LogP contribution in [0.25, 0.3) is 0 Å². The van der Waals surface area contributed by atoms with Gasteiger partial charge in [-0.1, -0.05) is 32.9 Å². The third kappa shape index (κ3) is 5.23. The van der Waals surface area contributed by atoms with Crippen LogP contribution in [0.2, 0.25) is 0 Å². The molecule has 19 heavy (non-hydrogen) atoms. The maximum Gasteiger partial charge on any atom is 0.122 e. The molecule has 0 heterocycles. The fourth-order valence-electron chi connectivity index (χ4n) is 2.26. The third-order valence-electron chi connectivity index (χ3n) is 3.56. The molecule has 2 N–H and O–H groups in total. The smallest absolute Gasteiger partial charge is 0.122 e. The molecule has 0 amide bonds. The van der Waals surface area contributed by atoms with Gasteiger partial charge in [-0.2, -0.15) is 0 Å². The highest BCUT2D eigenvalue weighted by atomic mass is 16.5. The fraction of sp³-hybridized carbons (Fsp3) is 0.647. The lowest BCUT2D eigenvalue weighted by Crippen LogP contribution is -2.18. The highest BCUT2D eigenvalue weighted by Crippen LogP contribution is 2.28. The average molecular weight is 263 g/mol. The minimum Gasteiger partial charge on any atom is -0.494 e. The molecule has 1 aromatic rings. The molecule has 2 heteroatoms. The predicted molar refractivity (Wildman–Crippen MR) is 82.9 cm³/mol. The SMILES string of the molecule is CCOc1ccc(CCCC(N)CC)cc1C(C)C. The van der Waals surface area contributed by atoms with Crippen molar-refractivity contribution in [3.05, 3.63) is 29.3 Å². The Balaban J connectivity index is 2.67. The lowest BCUT2D eigenvalue weighted by molar-refractivity contribution is 0.335. The van der Waals surface area contributed by atoms with Crippen molar-refractivity contribution in [2.75, 3.05) is 6.61 Å². The second-order valence-corrected chi connectivity index (χ2v) is 5.52. The minimum atomic E-state index is 0.354. The van der Waals surface area contributed by atoms with Gasteiger partial charge in [0.05, 0.1) is 6.61 Å². The summed E-state index contributed by atoms with van der Waals surface area (Å²) in [6.07, 6.45) is 4.46. The number of ether oxygens (including phenoxy) is 1. The summed E-state index contributed by atoms with van der Waals surface area (Å²) >= 11 is 0. The normalized spacial score (nSPS) is 12.7. The second kappa shape index (κ2) is 8.21. The molecule has 108 valence electrons. The molecule has 0 aromatic heterocycles. The van der Waals surface area contributed by atoms with Crippen LogP contribution in [-0.4, -0.2) is 12.6 Å². The van der Waals surface area contributed by atoms with Gasteiger partial charge in [-0.05, 0) is 55.7 Å². The van der Waals surface area contributed by atoms with E-state index in [1.54, 1.807) is 0 Å². The first-order chi connectivity index (χ1) is 9.08. The van der Waals surface area contributed by atoms with Crippen LogP contribution >= 0.6 is 0 Å². The van der Waals surface area contributed by atoms with Gasteiger partial charge in [-0.25, -0.2) is 0 Å². The molecule has 0 aliphatic rings. The first kappa shape index (κ1) is 16.0. The number of nitrogens with two attached hydrogens (primary N) is 1. The van der Waals surface area contributed by atoms with Crippen molar-refractivity contribution >= 4 is 0 Å². The Hall–Kier alpha value is -1.02. The Bertz CT molecular complexity index is 374. The zero-order chi connectivity index (χ0) is 14.3. The molecule has 0 saturated carbocycles. The summed E-state index contributed by atoms with van der Waals surface area (Å²) < 4.78 is 5.69. The number of hydrogen-bond donors (Lipinski definition) is 1. The molecule has 0 aliphatic carbocycles. The van der Waals surface area contributed by atoms with Crippen LogP contribution in [0, 0.1) is 0 Å². The maximum atomic E-state index is 5.96. The molecule has 0 spiro atoms. The van der Waals surface area contributed by atoms with E-state index >= 15 is 0 Å². The van der Waals surface area contributed by atoms with Crippen molar-refractivity contribution in [1.29, 1.82) is 0 Å². The topological polar surface area (TPSA) is 35.2 Å². The van der Waals surface area contributed by atoms with E-state index < -0.39 is 0 Å². The zero-order valence-electron chi connectivity index (χ0n) is 12.9. The Morgan fingerprint density at radius 2 is 1.95 bits per heavy atom. The van der Waals surface area contributed by atoms with E-state index in [9.17, 15) is 0 Å². The van der Waals surface area contributed by atoms with Crippen LogP contribution in [0.1, 0.15) is 64.0 Å². The average Bonchev–Trinajstić information content (AvgIpc) is 2.40. The molecule has 0 radical (unpaired) electrons. The lowest BCUT2D eigenvalue weighted by atomic mass is 9.96. The Kier molecular flexibility index (Phi) is 6.93. The highest BCUT2D eigenvalue weighted by Gasteiger charge is 2.09. The van der Waals surface area contributed by atoms with Crippen LogP contribution in [0.3, 0.4) is 0 Å². The van der Waals surface area contributed by atoms with Crippen molar-refractivity contribution in [2.24, 2.45) is 5.73 Å². The quantitative estimate of drug-likeness (QED) is 0.760. The monoisotopic (exact) mass is 263 g/mol. The number of hydrogen-bond acceptors (Lipinski definition) is 2. The van der Waals surface area contributed by atoms with Gasteiger partial charge in [-0.15, -0.1) is 0 Å². The van der Waals surface area contributed by atoms with Crippen LogP contribution in [0.5, 0.6) is 5.75 Å².